The van der Waals surface area contributed by atoms with E-state index in [-0.39, 0.29) is 0 Å². The van der Waals surface area contributed by atoms with Crippen LogP contribution in [0.1, 0.15) is 83.6 Å². The molecule has 1 heterocycles. The van der Waals surface area contributed by atoms with Gasteiger partial charge in [0, 0.05) is 25.7 Å². The van der Waals surface area contributed by atoms with Crippen LogP contribution < -0.4 is 0 Å². The van der Waals surface area contributed by atoms with Crippen molar-refractivity contribution >= 4 is 0 Å². The highest BCUT2D eigenvalue weighted by Gasteiger charge is 2.55. The average molecular weight is 344 g/mol. The molecule has 0 aromatic heterocycles. The predicted molar refractivity (Wildman–Crippen MR) is 97.8 cm³/mol. The van der Waals surface area contributed by atoms with Crippen molar-refractivity contribution in [3.8, 4) is 0 Å². The van der Waals surface area contributed by atoms with Gasteiger partial charge in [0.15, 0.2) is 0 Å². The molecule has 2 saturated carbocycles. The third-order valence-corrected chi connectivity index (χ3v) is 6.71. The maximum atomic E-state index is 6.52. The maximum absolute atomic E-state index is 6.52. The van der Waals surface area contributed by atoms with Crippen LogP contribution in [0.25, 0.3) is 0 Å². The van der Waals surface area contributed by atoms with Crippen LogP contribution in [0.2, 0.25) is 0 Å². The van der Waals surface area contributed by atoms with Crippen LogP contribution in [-0.2, 0) is 14.5 Å². The summed E-state index contributed by atoms with van der Waals surface area (Å²) in [6.45, 7) is 7.03. The van der Waals surface area contributed by atoms with E-state index in [1.165, 1.54) is 5.56 Å². The lowest BCUT2D eigenvalue weighted by Crippen LogP contribution is -2.42. The van der Waals surface area contributed by atoms with Gasteiger partial charge in [-0.15, -0.1) is 0 Å². The topological polar surface area (TPSA) is 27.7 Å². The SMILES string of the molecule is CC(C)(C)C1CCC2(CC1)OOC1(CCC(c3ccccc3)CC1)O2. The Bertz CT molecular complexity index is 573. The molecule has 3 aliphatic rings. The monoisotopic (exact) mass is 344 g/mol. The molecule has 1 aromatic carbocycles. The van der Waals surface area contributed by atoms with Gasteiger partial charge in [0.25, 0.3) is 0 Å². The summed E-state index contributed by atoms with van der Waals surface area (Å²) in [5, 5.41) is 0. The number of benzene rings is 1. The van der Waals surface area contributed by atoms with Crippen LogP contribution >= 0.6 is 0 Å². The van der Waals surface area contributed by atoms with Crippen molar-refractivity contribution in [1.29, 1.82) is 0 Å². The first-order valence-corrected chi connectivity index (χ1v) is 10.0. The minimum atomic E-state index is -0.500. The first kappa shape index (κ1) is 17.5. The zero-order valence-electron chi connectivity index (χ0n) is 15.9. The van der Waals surface area contributed by atoms with E-state index in [9.17, 15) is 0 Å². The van der Waals surface area contributed by atoms with E-state index in [1.807, 2.05) is 0 Å². The van der Waals surface area contributed by atoms with Gasteiger partial charge < -0.3 is 4.74 Å². The molecule has 1 aromatic rings. The van der Waals surface area contributed by atoms with Crippen LogP contribution in [0.15, 0.2) is 30.3 Å². The fraction of sp³-hybridized carbons (Fsp3) is 0.727. The van der Waals surface area contributed by atoms with Gasteiger partial charge in [0.1, 0.15) is 0 Å². The van der Waals surface area contributed by atoms with E-state index in [0.29, 0.717) is 11.3 Å². The Morgan fingerprint density at radius 3 is 1.84 bits per heavy atom. The van der Waals surface area contributed by atoms with Gasteiger partial charge in [-0.2, -0.15) is 9.78 Å². The molecule has 138 valence electrons. The Hall–Kier alpha value is -0.900. The molecule has 0 bridgehead atoms. The molecule has 3 fully saturated rings. The lowest BCUT2D eigenvalue weighted by molar-refractivity contribution is -0.359. The number of rotatable bonds is 1. The van der Waals surface area contributed by atoms with E-state index in [1.54, 1.807) is 0 Å². The molecule has 0 radical (unpaired) electrons. The van der Waals surface area contributed by atoms with E-state index >= 15 is 0 Å². The molecule has 25 heavy (non-hydrogen) atoms. The van der Waals surface area contributed by atoms with Crippen molar-refractivity contribution in [2.75, 3.05) is 0 Å². The Balaban J connectivity index is 1.36. The second kappa shape index (κ2) is 6.37. The standard InChI is InChI=1S/C22H32O3/c1-20(2,3)19-11-15-22(16-12-19)23-21(24-25-22)13-9-18(10-14-21)17-7-5-4-6-8-17/h4-8,18-19H,9-16H2,1-3H3. The summed E-state index contributed by atoms with van der Waals surface area (Å²) in [5.74, 6) is 0.379. The normalized spacial score (nSPS) is 39.2. The van der Waals surface area contributed by atoms with Crippen LogP contribution in [0, 0.1) is 11.3 Å². The lowest BCUT2D eigenvalue weighted by Gasteiger charge is -2.41. The van der Waals surface area contributed by atoms with E-state index < -0.39 is 11.6 Å². The molecule has 2 spiro atoms. The van der Waals surface area contributed by atoms with Gasteiger partial charge >= 0.3 is 0 Å². The first-order chi connectivity index (χ1) is 11.9. The molecule has 1 aliphatic heterocycles. The molecule has 0 amide bonds. The number of hydrogen-bond acceptors (Lipinski definition) is 3. The zero-order chi connectivity index (χ0) is 17.5. The highest BCUT2D eigenvalue weighted by molar-refractivity contribution is 5.20. The summed E-state index contributed by atoms with van der Waals surface area (Å²) in [6.07, 6.45) is 8.30. The largest absolute Gasteiger partial charge is 0.312 e. The van der Waals surface area contributed by atoms with Gasteiger partial charge in [-0.1, -0.05) is 51.1 Å². The molecule has 4 rings (SSSR count). The number of hydrogen-bond donors (Lipinski definition) is 0. The molecule has 0 atom stereocenters. The number of ether oxygens (including phenoxy) is 1. The lowest BCUT2D eigenvalue weighted by atomic mass is 9.71. The second-order valence-electron chi connectivity index (χ2n) is 9.42. The fourth-order valence-electron chi connectivity index (χ4n) is 4.94. The molecule has 0 unspecified atom stereocenters. The van der Waals surface area contributed by atoms with Crippen molar-refractivity contribution in [2.45, 2.75) is 89.6 Å². The summed E-state index contributed by atoms with van der Waals surface area (Å²) in [4.78, 5) is 11.7. The van der Waals surface area contributed by atoms with Gasteiger partial charge in [-0.05, 0) is 48.5 Å². The summed E-state index contributed by atoms with van der Waals surface area (Å²) < 4.78 is 6.52. The van der Waals surface area contributed by atoms with Gasteiger partial charge in [0.2, 0.25) is 11.6 Å². The molecule has 1 saturated heterocycles. The highest BCUT2D eigenvalue weighted by atomic mass is 17.3. The molecule has 3 nitrogen and oxygen atoms in total. The molecular formula is C22H32O3. The van der Waals surface area contributed by atoms with Crippen LogP contribution in [-0.4, -0.2) is 11.6 Å². The van der Waals surface area contributed by atoms with Gasteiger partial charge in [-0.3, -0.25) is 0 Å². The predicted octanol–water partition coefficient (Wildman–Crippen LogP) is 5.95. The highest BCUT2D eigenvalue weighted by Crippen LogP contribution is 2.52. The van der Waals surface area contributed by atoms with Gasteiger partial charge in [0.05, 0.1) is 0 Å². The van der Waals surface area contributed by atoms with Crippen molar-refractivity contribution in [1.82, 2.24) is 0 Å². The van der Waals surface area contributed by atoms with Crippen molar-refractivity contribution in [2.24, 2.45) is 11.3 Å². The molecule has 3 heteroatoms. The Kier molecular flexibility index (Phi) is 4.46. The smallest absolute Gasteiger partial charge is 0.204 e. The van der Waals surface area contributed by atoms with Crippen molar-refractivity contribution in [3.05, 3.63) is 35.9 Å². The minimum Gasteiger partial charge on any atom is -0.312 e. The molecular weight excluding hydrogens is 312 g/mol. The summed E-state index contributed by atoms with van der Waals surface area (Å²) >= 11 is 0. The van der Waals surface area contributed by atoms with Crippen LogP contribution in [0.4, 0.5) is 0 Å². The van der Waals surface area contributed by atoms with E-state index in [4.69, 9.17) is 14.5 Å². The second-order valence-corrected chi connectivity index (χ2v) is 9.42. The molecule has 2 aliphatic carbocycles. The Morgan fingerprint density at radius 1 is 0.800 bits per heavy atom. The minimum absolute atomic E-state index is 0.368. The van der Waals surface area contributed by atoms with Crippen LogP contribution in [0.5, 0.6) is 0 Å². The maximum Gasteiger partial charge on any atom is 0.204 e. The van der Waals surface area contributed by atoms with Gasteiger partial charge in [-0.25, -0.2) is 0 Å². The summed E-state index contributed by atoms with van der Waals surface area (Å²) in [6, 6.07) is 10.8. The Labute approximate surface area is 152 Å². The third-order valence-electron chi connectivity index (χ3n) is 6.71. The quantitative estimate of drug-likeness (QED) is 0.589. The summed E-state index contributed by atoms with van der Waals surface area (Å²) in [5.41, 5.74) is 1.81. The fourth-order valence-corrected chi connectivity index (χ4v) is 4.94. The van der Waals surface area contributed by atoms with Crippen molar-refractivity contribution < 1.29 is 14.5 Å². The van der Waals surface area contributed by atoms with E-state index in [2.05, 4.69) is 51.1 Å². The average Bonchev–Trinajstić information content (AvgIpc) is 2.94. The zero-order valence-corrected chi connectivity index (χ0v) is 15.9. The van der Waals surface area contributed by atoms with E-state index in [0.717, 1.165) is 57.3 Å². The molecule has 0 N–H and O–H groups in total. The van der Waals surface area contributed by atoms with Crippen molar-refractivity contribution in [3.63, 3.8) is 0 Å². The third kappa shape index (κ3) is 3.51. The first-order valence-electron chi connectivity index (χ1n) is 10.0. The summed E-state index contributed by atoms with van der Waals surface area (Å²) in [7, 11) is 0. The van der Waals surface area contributed by atoms with Crippen LogP contribution in [0.3, 0.4) is 0 Å². The Morgan fingerprint density at radius 2 is 1.32 bits per heavy atom.